The van der Waals surface area contributed by atoms with Crippen molar-refractivity contribution in [1.29, 1.82) is 0 Å². The molecule has 2 heteroatoms. The molecular weight excluding hydrogens is 200 g/mol. The van der Waals surface area contributed by atoms with Gasteiger partial charge in [-0.3, -0.25) is 0 Å². The molecule has 0 heterocycles. The Hall–Kier alpha value is -0.860. The van der Waals surface area contributed by atoms with Crippen LogP contribution in [0.3, 0.4) is 0 Å². The van der Waals surface area contributed by atoms with Crippen LogP contribution in [-0.2, 0) is 9.78 Å². The van der Waals surface area contributed by atoms with Crippen LogP contribution in [0.2, 0.25) is 0 Å². The second-order valence-electron chi connectivity index (χ2n) is 4.51. The number of hydrogen-bond acceptors (Lipinski definition) is 2. The SMILES string of the molecule is CC(OOC1CCCCC1)c1ccccc1. The first kappa shape index (κ1) is 11.6. The van der Waals surface area contributed by atoms with Gasteiger partial charge in [-0.2, -0.15) is 0 Å². The highest BCUT2D eigenvalue weighted by Gasteiger charge is 2.16. The van der Waals surface area contributed by atoms with Gasteiger partial charge in [0.2, 0.25) is 0 Å². The topological polar surface area (TPSA) is 18.5 Å². The van der Waals surface area contributed by atoms with Crippen molar-refractivity contribution >= 4 is 0 Å². The largest absolute Gasteiger partial charge is 0.233 e. The number of benzene rings is 1. The zero-order valence-corrected chi connectivity index (χ0v) is 9.89. The Labute approximate surface area is 97.5 Å². The fourth-order valence-corrected chi connectivity index (χ4v) is 2.10. The van der Waals surface area contributed by atoms with Crippen molar-refractivity contribution in [1.82, 2.24) is 0 Å². The molecule has 2 rings (SSSR count). The van der Waals surface area contributed by atoms with E-state index in [4.69, 9.17) is 9.78 Å². The van der Waals surface area contributed by atoms with Gasteiger partial charge in [0.15, 0.2) is 0 Å². The van der Waals surface area contributed by atoms with E-state index in [1.807, 2.05) is 25.1 Å². The summed E-state index contributed by atoms with van der Waals surface area (Å²) in [5, 5.41) is 0. The molecule has 0 amide bonds. The Morgan fingerprint density at radius 3 is 2.44 bits per heavy atom. The van der Waals surface area contributed by atoms with Crippen molar-refractivity contribution in [2.24, 2.45) is 0 Å². The molecule has 1 aromatic rings. The summed E-state index contributed by atoms with van der Waals surface area (Å²) in [6.45, 7) is 2.03. The van der Waals surface area contributed by atoms with Crippen molar-refractivity contribution in [3.05, 3.63) is 35.9 Å². The van der Waals surface area contributed by atoms with Crippen molar-refractivity contribution < 1.29 is 9.78 Å². The minimum Gasteiger partial charge on any atom is -0.233 e. The average molecular weight is 220 g/mol. The van der Waals surface area contributed by atoms with E-state index in [0.717, 1.165) is 12.8 Å². The molecule has 1 aromatic carbocycles. The van der Waals surface area contributed by atoms with Crippen LogP contribution in [0.15, 0.2) is 30.3 Å². The summed E-state index contributed by atoms with van der Waals surface area (Å²) in [5.74, 6) is 0. The summed E-state index contributed by atoms with van der Waals surface area (Å²) in [7, 11) is 0. The predicted molar refractivity (Wildman–Crippen MR) is 63.9 cm³/mol. The highest BCUT2D eigenvalue weighted by atomic mass is 17.2. The van der Waals surface area contributed by atoms with Gasteiger partial charge in [-0.15, -0.1) is 0 Å². The molecule has 0 saturated heterocycles. The fourth-order valence-electron chi connectivity index (χ4n) is 2.10. The zero-order chi connectivity index (χ0) is 11.2. The van der Waals surface area contributed by atoms with Crippen LogP contribution in [0, 0.1) is 0 Å². The van der Waals surface area contributed by atoms with E-state index in [1.165, 1.54) is 24.8 Å². The lowest BCUT2D eigenvalue weighted by molar-refractivity contribution is -0.354. The molecule has 16 heavy (non-hydrogen) atoms. The van der Waals surface area contributed by atoms with Gasteiger partial charge in [0.05, 0.1) is 6.10 Å². The van der Waals surface area contributed by atoms with Gasteiger partial charge in [-0.05, 0) is 25.3 Å². The zero-order valence-electron chi connectivity index (χ0n) is 9.89. The van der Waals surface area contributed by atoms with E-state index in [1.54, 1.807) is 0 Å². The molecule has 0 aliphatic heterocycles. The van der Waals surface area contributed by atoms with Crippen LogP contribution in [0.5, 0.6) is 0 Å². The molecule has 1 saturated carbocycles. The van der Waals surface area contributed by atoms with Gasteiger partial charge in [0.25, 0.3) is 0 Å². The average Bonchev–Trinajstić information content (AvgIpc) is 2.38. The van der Waals surface area contributed by atoms with E-state index in [9.17, 15) is 0 Å². The molecule has 0 aromatic heterocycles. The standard InChI is InChI=1S/C14H20O2/c1-12(13-8-4-2-5-9-13)15-16-14-10-6-3-7-11-14/h2,4-5,8-9,12,14H,3,6-7,10-11H2,1H3. The van der Waals surface area contributed by atoms with Crippen LogP contribution >= 0.6 is 0 Å². The van der Waals surface area contributed by atoms with Crippen molar-refractivity contribution in [2.45, 2.75) is 51.2 Å². The lowest BCUT2D eigenvalue weighted by Crippen LogP contribution is -2.17. The minimum atomic E-state index is 0.0168. The fraction of sp³-hybridized carbons (Fsp3) is 0.571. The van der Waals surface area contributed by atoms with Crippen LogP contribution in [0.25, 0.3) is 0 Å². The molecular formula is C14H20O2. The smallest absolute Gasteiger partial charge is 0.115 e. The third-order valence-electron chi connectivity index (χ3n) is 3.16. The van der Waals surface area contributed by atoms with Crippen LogP contribution in [0.4, 0.5) is 0 Å². The summed E-state index contributed by atoms with van der Waals surface area (Å²) in [4.78, 5) is 11.0. The van der Waals surface area contributed by atoms with Crippen LogP contribution < -0.4 is 0 Å². The third kappa shape index (κ3) is 3.32. The molecule has 0 radical (unpaired) electrons. The maximum absolute atomic E-state index is 5.50. The van der Waals surface area contributed by atoms with Gasteiger partial charge in [0.1, 0.15) is 6.10 Å². The second-order valence-corrected chi connectivity index (χ2v) is 4.51. The van der Waals surface area contributed by atoms with Crippen LogP contribution in [0.1, 0.15) is 50.7 Å². The van der Waals surface area contributed by atoms with Crippen molar-refractivity contribution in [3.63, 3.8) is 0 Å². The highest BCUT2D eigenvalue weighted by Crippen LogP contribution is 2.23. The Balaban J connectivity index is 1.77. The Bertz CT molecular complexity index is 291. The summed E-state index contributed by atoms with van der Waals surface area (Å²) < 4.78 is 0. The quantitative estimate of drug-likeness (QED) is 0.563. The molecule has 1 fully saturated rings. The van der Waals surface area contributed by atoms with Crippen LogP contribution in [-0.4, -0.2) is 6.10 Å². The molecule has 1 atom stereocenters. The highest BCUT2D eigenvalue weighted by molar-refractivity contribution is 5.16. The van der Waals surface area contributed by atoms with E-state index in [0.29, 0.717) is 6.10 Å². The Morgan fingerprint density at radius 1 is 1.06 bits per heavy atom. The molecule has 1 aliphatic rings. The number of hydrogen-bond donors (Lipinski definition) is 0. The maximum atomic E-state index is 5.50. The summed E-state index contributed by atoms with van der Waals surface area (Å²) in [6, 6.07) is 10.2. The summed E-state index contributed by atoms with van der Waals surface area (Å²) in [6.07, 6.45) is 6.49. The van der Waals surface area contributed by atoms with Gasteiger partial charge in [0, 0.05) is 0 Å². The van der Waals surface area contributed by atoms with Gasteiger partial charge in [-0.25, -0.2) is 9.78 Å². The van der Waals surface area contributed by atoms with Crippen molar-refractivity contribution in [2.75, 3.05) is 0 Å². The molecule has 0 N–H and O–H groups in total. The van der Waals surface area contributed by atoms with E-state index in [2.05, 4.69) is 12.1 Å². The van der Waals surface area contributed by atoms with Gasteiger partial charge >= 0.3 is 0 Å². The molecule has 2 nitrogen and oxygen atoms in total. The summed E-state index contributed by atoms with van der Waals surface area (Å²) in [5.41, 5.74) is 1.17. The van der Waals surface area contributed by atoms with E-state index >= 15 is 0 Å². The molecule has 1 unspecified atom stereocenters. The monoisotopic (exact) mass is 220 g/mol. The second kappa shape index (κ2) is 6.02. The Kier molecular flexibility index (Phi) is 4.37. The van der Waals surface area contributed by atoms with Gasteiger partial charge in [-0.1, -0.05) is 49.6 Å². The normalized spacial score (nSPS) is 19.6. The minimum absolute atomic E-state index is 0.0168. The summed E-state index contributed by atoms with van der Waals surface area (Å²) >= 11 is 0. The Morgan fingerprint density at radius 2 is 1.75 bits per heavy atom. The molecule has 0 bridgehead atoms. The lowest BCUT2D eigenvalue weighted by atomic mass is 9.98. The van der Waals surface area contributed by atoms with Gasteiger partial charge < -0.3 is 0 Å². The van der Waals surface area contributed by atoms with E-state index in [-0.39, 0.29) is 6.10 Å². The lowest BCUT2D eigenvalue weighted by Gasteiger charge is -2.22. The predicted octanol–water partition coefficient (Wildman–Crippen LogP) is 4.03. The first-order valence-corrected chi connectivity index (χ1v) is 6.23. The first-order valence-electron chi connectivity index (χ1n) is 6.23. The molecule has 88 valence electrons. The van der Waals surface area contributed by atoms with E-state index < -0.39 is 0 Å². The molecule has 1 aliphatic carbocycles. The third-order valence-corrected chi connectivity index (χ3v) is 3.16. The maximum Gasteiger partial charge on any atom is 0.115 e. The van der Waals surface area contributed by atoms with Crippen molar-refractivity contribution in [3.8, 4) is 0 Å². The molecule has 0 spiro atoms. The first-order chi connectivity index (χ1) is 7.86. The number of rotatable bonds is 4.